The molecule has 24 heavy (non-hydrogen) atoms. The van der Waals surface area contributed by atoms with Crippen LogP contribution >= 0.6 is 11.8 Å². The number of carbonyl (C=O) groups is 1. The molecule has 0 aromatic heterocycles. The van der Waals surface area contributed by atoms with Gasteiger partial charge in [-0.15, -0.1) is 11.8 Å². The first kappa shape index (κ1) is 16.9. The molecule has 2 aromatic rings. The van der Waals surface area contributed by atoms with Crippen LogP contribution in [-0.2, 0) is 6.42 Å². The predicted octanol–water partition coefficient (Wildman–Crippen LogP) is 3.13. The third-order valence-corrected chi connectivity index (χ3v) is 5.20. The van der Waals surface area contributed by atoms with E-state index in [2.05, 4.69) is 22.8 Å². The van der Waals surface area contributed by atoms with Crippen LogP contribution in [0.4, 0.5) is 4.79 Å². The van der Waals surface area contributed by atoms with Gasteiger partial charge in [-0.1, -0.05) is 48.5 Å². The van der Waals surface area contributed by atoms with Crippen molar-refractivity contribution < 1.29 is 9.90 Å². The van der Waals surface area contributed by atoms with Crippen molar-refractivity contribution in [2.24, 2.45) is 0 Å². The van der Waals surface area contributed by atoms with Crippen LogP contribution in [0, 0.1) is 0 Å². The van der Waals surface area contributed by atoms with Crippen LogP contribution < -0.4 is 10.6 Å². The molecule has 0 saturated heterocycles. The molecular formula is C19H22N2O2S. The summed E-state index contributed by atoms with van der Waals surface area (Å²) in [5, 5.41) is 15.9. The van der Waals surface area contributed by atoms with Gasteiger partial charge in [0.25, 0.3) is 0 Å². The number of amides is 2. The molecule has 2 aromatic carbocycles. The van der Waals surface area contributed by atoms with E-state index < -0.39 is 6.10 Å². The van der Waals surface area contributed by atoms with Crippen LogP contribution in [0.15, 0.2) is 59.5 Å². The summed E-state index contributed by atoms with van der Waals surface area (Å²) in [5.41, 5.74) is 2.24. The minimum absolute atomic E-state index is 0.0358. The minimum Gasteiger partial charge on any atom is -0.391 e. The fourth-order valence-electron chi connectivity index (χ4n) is 2.87. The van der Waals surface area contributed by atoms with Gasteiger partial charge in [0.1, 0.15) is 0 Å². The maximum Gasteiger partial charge on any atom is 0.315 e. The van der Waals surface area contributed by atoms with E-state index in [0.29, 0.717) is 6.42 Å². The molecule has 5 heteroatoms. The van der Waals surface area contributed by atoms with Gasteiger partial charge in [0.2, 0.25) is 0 Å². The zero-order valence-corrected chi connectivity index (χ0v) is 14.3. The molecule has 2 amide bonds. The molecular weight excluding hydrogens is 320 g/mol. The molecule has 3 rings (SSSR count). The van der Waals surface area contributed by atoms with Crippen molar-refractivity contribution in [3.8, 4) is 0 Å². The Morgan fingerprint density at radius 1 is 1.17 bits per heavy atom. The summed E-state index contributed by atoms with van der Waals surface area (Å²) in [7, 11) is 0. The van der Waals surface area contributed by atoms with E-state index >= 15 is 0 Å². The Labute approximate surface area is 146 Å². The molecule has 1 aliphatic heterocycles. The third-order valence-electron chi connectivity index (χ3n) is 4.08. The van der Waals surface area contributed by atoms with Crippen molar-refractivity contribution >= 4 is 17.8 Å². The SMILES string of the molecule is O=C(NCC(O)Cc1ccccc1)NC1CCSc2ccccc21. The summed E-state index contributed by atoms with van der Waals surface area (Å²) in [6.45, 7) is 0.240. The molecule has 0 spiro atoms. The number of fused-ring (bicyclic) bond motifs is 1. The lowest BCUT2D eigenvalue weighted by Crippen LogP contribution is -2.42. The summed E-state index contributed by atoms with van der Waals surface area (Å²) in [5.74, 6) is 0.999. The molecule has 0 fully saturated rings. The van der Waals surface area contributed by atoms with E-state index in [0.717, 1.165) is 17.7 Å². The Bertz CT molecular complexity index is 678. The monoisotopic (exact) mass is 342 g/mol. The Morgan fingerprint density at radius 2 is 1.92 bits per heavy atom. The summed E-state index contributed by atoms with van der Waals surface area (Å²) in [6, 6.07) is 17.8. The molecule has 0 bridgehead atoms. The van der Waals surface area contributed by atoms with Crippen LogP contribution in [0.3, 0.4) is 0 Å². The number of urea groups is 1. The molecule has 2 atom stereocenters. The first-order valence-corrected chi connectivity index (χ1v) is 9.19. The number of hydrogen-bond acceptors (Lipinski definition) is 3. The van der Waals surface area contributed by atoms with Crippen molar-refractivity contribution in [1.29, 1.82) is 0 Å². The highest BCUT2D eigenvalue weighted by atomic mass is 32.2. The molecule has 1 heterocycles. The van der Waals surface area contributed by atoms with E-state index in [9.17, 15) is 9.90 Å². The second-order valence-corrected chi connectivity index (χ2v) is 7.06. The van der Waals surface area contributed by atoms with Gasteiger partial charge in [0.05, 0.1) is 12.1 Å². The zero-order chi connectivity index (χ0) is 16.8. The van der Waals surface area contributed by atoms with Gasteiger partial charge in [0.15, 0.2) is 0 Å². The number of carbonyl (C=O) groups excluding carboxylic acids is 1. The van der Waals surface area contributed by atoms with Crippen LogP contribution in [-0.4, -0.2) is 29.5 Å². The predicted molar refractivity (Wildman–Crippen MR) is 97.2 cm³/mol. The van der Waals surface area contributed by atoms with E-state index in [1.54, 1.807) is 0 Å². The van der Waals surface area contributed by atoms with Crippen LogP contribution in [0.5, 0.6) is 0 Å². The minimum atomic E-state index is -0.590. The molecule has 126 valence electrons. The topological polar surface area (TPSA) is 61.4 Å². The van der Waals surface area contributed by atoms with Gasteiger partial charge in [-0.3, -0.25) is 0 Å². The fraction of sp³-hybridized carbons (Fsp3) is 0.316. The number of thioether (sulfide) groups is 1. The first-order chi connectivity index (χ1) is 11.7. The number of rotatable bonds is 5. The van der Waals surface area contributed by atoms with Gasteiger partial charge in [0, 0.05) is 23.6 Å². The summed E-state index contributed by atoms with van der Waals surface area (Å²) < 4.78 is 0. The maximum absolute atomic E-state index is 12.1. The van der Waals surface area contributed by atoms with E-state index in [1.165, 1.54) is 10.5 Å². The summed E-state index contributed by atoms with van der Waals surface area (Å²) >= 11 is 1.83. The second kappa shape index (κ2) is 8.22. The van der Waals surface area contributed by atoms with Crippen molar-refractivity contribution in [1.82, 2.24) is 10.6 Å². The number of benzene rings is 2. The normalized spacial score (nSPS) is 17.6. The molecule has 4 nitrogen and oxygen atoms in total. The Morgan fingerprint density at radius 3 is 2.75 bits per heavy atom. The Hall–Kier alpha value is -1.98. The lowest BCUT2D eigenvalue weighted by Gasteiger charge is -2.26. The Balaban J connectivity index is 1.48. The third kappa shape index (κ3) is 4.52. The Kier molecular flexibility index (Phi) is 5.77. The van der Waals surface area contributed by atoms with Crippen LogP contribution in [0.1, 0.15) is 23.6 Å². The van der Waals surface area contributed by atoms with Crippen molar-refractivity contribution in [3.05, 3.63) is 65.7 Å². The number of hydrogen-bond donors (Lipinski definition) is 3. The lowest BCUT2D eigenvalue weighted by atomic mass is 10.0. The van der Waals surface area contributed by atoms with Crippen LogP contribution in [0.2, 0.25) is 0 Å². The van der Waals surface area contributed by atoms with Gasteiger partial charge < -0.3 is 15.7 Å². The number of aliphatic hydroxyl groups excluding tert-OH is 1. The van der Waals surface area contributed by atoms with Gasteiger partial charge in [-0.25, -0.2) is 4.79 Å². The van der Waals surface area contributed by atoms with E-state index in [4.69, 9.17) is 0 Å². The quantitative estimate of drug-likeness (QED) is 0.782. The highest BCUT2D eigenvalue weighted by molar-refractivity contribution is 7.99. The average molecular weight is 342 g/mol. The average Bonchev–Trinajstić information content (AvgIpc) is 2.61. The van der Waals surface area contributed by atoms with Crippen molar-refractivity contribution in [2.45, 2.75) is 29.9 Å². The molecule has 0 saturated carbocycles. The van der Waals surface area contributed by atoms with Crippen molar-refractivity contribution in [3.63, 3.8) is 0 Å². The molecule has 2 unspecified atom stereocenters. The zero-order valence-electron chi connectivity index (χ0n) is 13.4. The fourth-order valence-corrected chi connectivity index (χ4v) is 4.00. The largest absolute Gasteiger partial charge is 0.391 e. The standard InChI is InChI=1S/C19H22N2O2S/c22-15(12-14-6-2-1-3-7-14)13-20-19(23)21-17-10-11-24-18-9-5-4-8-16(17)18/h1-9,15,17,22H,10-13H2,(H2,20,21,23). The van der Waals surface area contributed by atoms with Gasteiger partial charge in [-0.05, 0) is 23.6 Å². The summed E-state index contributed by atoms with van der Waals surface area (Å²) in [4.78, 5) is 13.4. The molecule has 3 N–H and O–H groups in total. The highest BCUT2D eigenvalue weighted by Crippen LogP contribution is 2.35. The smallest absolute Gasteiger partial charge is 0.315 e. The van der Waals surface area contributed by atoms with Crippen LogP contribution in [0.25, 0.3) is 0 Å². The molecule has 1 aliphatic rings. The first-order valence-electron chi connectivity index (χ1n) is 8.20. The molecule has 0 radical (unpaired) electrons. The second-order valence-electron chi connectivity index (χ2n) is 5.93. The van der Waals surface area contributed by atoms with Gasteiger partial charge in [-0.2, -0.15) is 0 Å². The lowest BCUT2D eigenvalue weighted by molar-refractivity contribution is 0.170. The van der Waals surface area contributed by atoms with Crippen molar-refractivity contribution in [2.75, 3.05) is 12.3 Å². The summed E-state index contributed by atoms with van der Waals surface area (Å²) in [6.07, 6.45) is 0.860. The number of nitrogens with one attached hydrogen (secondary N) is 2. The number of aliphatic hydroxyl groups is 1. The van der Waals surface area contributed by atoms with Gasteiger partial charge >= 0.3 is 6.03 Å². The maximum atomic E-state index is 12.1. The molecule has 0 aliphatic carbocycles. The highest BCUT2D eigenvalue weighted by Gasteiger charge is 2.21. The van der Waals surface area contributed by atoms with E-state index in [1.807, 2.05) is 54.2 Å². The van der Waals surface area contributed by atoms with E-state index in [-0.39, 0.29) is 18.6 Å².